The second-order valence-corrected chi connectivity index (χ2v) is 4.65. The molecular formula is C16H21NO7. The normalized spacial score (nSPS) is 11.8. The zero-order valence-electron chi connectivity index (χ0n) is 13.2. The Morgan fingerprint density at radius 3 is 2.21 bits per heavy atom. The second kappa shape index (κ2) is 12.5. The molecule has 1 atom stereocenters. The number of aliphatic hydroxyl groups excluding tert-OH is 2. The Kier molecular flexibility index (Phi) is 10.5. The molecule has 0 saturated heterocycles. The van der Waals surface area contributed by atoms with E-state index >= 15 is 0 Å². The van der Waals surface area contributed by atoms with Gasteiger partial charge in [-0.2, -0.15) is 4.99 Å². The molecule has 0 spiro atoms. The van der Waals surface area contributed by atoms with E-state index in [1.54, 1.807) is 0 Å². The van der Waals surface area contributed by atoms with E-state index in [9.17, 15) is 14.7 Å². The topological polar surface area (TPSA) is 115 Å². The van der Waals surface area contributed by atoms with Gasteiger partial charge in [-0.25, -0.2) is 4.79 Å². The summed E-state index contributed by atoms with van der Waals surface area (Å²) in [6.45, 7) is 1.40. The largest absolute Gasteiger partial charge is 0.394 e. The summed E-state index contributed by atoms with van der Waals surface area (Å²) in [5.41, 5.74) is 0.681. The third-order valence-corrected chi connectivity index (χ3v) is 2.88. The molecule has 1 aromatic carbocycles. The Morgan fingerprint density at radius 1 is 1.04 bits per heavy atom. The second-order valence-electron chi connectivity index (χ2n) is 4.65. The molecule has 0 aliphatic heterocycles. The summed E-state index contributed by atoms with van der Waals surface area (Å²) >= 11 is 0. The van der Waals surface area contributed by atoms with Gasteiger partial charge in [0.15, 0.2) is 5.78 Å². The van der Waals surface area contributed by atoms with Crippen LogP contribution in [0.25, 0.3) is 0 Å². The van der Waals surface area contributed by atoms with E-state index in [0.717, 1.165) is 0 Å². The Hall–Kier alpha value is -1.93. The quantitative estimate of drug-likeness (QED) is 0.229. The molecule has 24 heavy (non-hydrogen) atoms. The first kappa shape index (κ1) is 20.1. The molecule has 0 amide bonds. The van der Waals surface area contributed by atoms with E-state index in [4.69, 9.17) is 19.3 Å². The van der Waals surface area contributed by atoms with Crippen LogP contribution in [0.15, 0.2) is 29.3 Å². The standard InChI is InChI=1S/C16H21NO7/c18-5-6-22-7-8-23-9-10-24-11-15(20)16(21)13-1-3-14(4-2-13)17-12-19/h1-4,15,18,20H,5-11H2. The number of nitrogens with zero attached hydrogens (tertiary/aromatic N) is 1. The SMILES string of the molecule is O=C=Nc1ccc(C(=O)C(O)COCCOCCOCCO)cc1. The van der Waals surface area contributed by atoms with E-state index in [-0.39, 0.29) is 26.4 Å². The Bertz CT molecular complexity index is 526. The van der Waals surface area contributed by atoms with Crippen LogP contribution in [0.1, 0.15) is 10.4 Å². The minimum Gasteiger partial charge on any atom is -0.394 e. The maximum atomic E-state index is 12.0. The van der Waals surface area contributed by atoms with Crippen LogP contribution in [-0.4, -0.2) is 74.4 Å². The molecule has 2 N–H and O–H groups in total. The maximum Gasteiger partial charge on any atom is 0.240 e. The molecule has 0 heterocycles. The van der Waals surface area contributed by atoms with Crippen LogP contribution in [0.4, 0.5) is 5.69 Å². The molecular weight excluding hydrogens is 318 g/mol. The molecule has 1 unspecified atom stereocenters. The third kappa shape index (κ3) is 8.07. The fraction of sp³-hybridized carbons (Fsp3) is 0.500. The van der Waals surface area contributed by atoms with Gasteiger partial charge < -0.3 is 24.4 Å². The van der Waals surface area contributed by atoms with Crippen LogP contribution in [0.3, 0.4) is 0 Å². The summed E-state index contributed by atoms with van der Waals surface area (Å²) in [4.78, 5) is 25.5. The van der Waals surface area contributed by atoms with Gasteiger partial charge >= 0.3 is 0 Å². The summed E-state index contributed by atoms with van der Waals surface area (Å²) in [6, 6.07) is 5.91. The van der Waals surface area contributed by atoms with Crippen molar-refractivity contribution in [3.63, 3.8) is 0 Å². The number of carbonyl (C=O) groups is 1. The van der Waals surface area contributed by atoms with Crippen molar-refractivity contribution in [3.8, 4) is 0 Å². The van der Waals surface area contributed by atoms with Gasteiger partial charge in [0.25, 0.3) is 0 Å². The number of carbonyl (C=O) groups excluding carboxylic acids is 2. The summed E-state index contributed by atoms with van der Waals surface area (Å²) in [7, 11) is 0. The van der Waals surface area contributed by atoms with E-state index < -0.39 is 11.9 Å². The monoisotopic (exact) mass is 339 g/mol. The lowest BCUT2D eigenvalue weighted by Crippen LogP contribution is -2.27. The minimum atomic E-state index is -1.28. The van der Waals surface area contributed by atoms with Crippen LogP contribution in [0, 0.1) is 0 Å². The highest BCUT2D eigenvalue weighted by Crippen LogP contribution is 2.13. The van der Waals surface area contributed by atoms with Gasteiger partial charge in [0, 0.05) is 5.56 Å². The van der Waals surface area contributed by atoms with Crippen molar-refractivity contribution in [1.29, 1.82) is 0 Å². The van der Waals surface area contributed by atoms with Gasteiger partial charge in [0.1, 0.15) is 6.10 Å². The Balaban J connectivity index is 2.19. The van der Waals surface area contributed by atoms with Crippen molar-refractivity contribution in [2.75, 3.05) is 46.2 Å². The van der Waals surface area contributed by atoms with Gasteiger partial charge in [-0.1, -0.05) is 0 Å². The van der Waals surface area contributed by atoms with E-state index in [1.165, 1.54) is 30.3 Å². The van der Waals surface area contributed by atoms with Crippen LogP contribution in [-0.2, 0) is 19.0 Å². The van der Waals surface area contributed by atoms with Crippen molar-refractivity contribution >= 4 is 17.6 Å². The van der Waals surface area contributed by atoms with Crippen molar-refractivity contribution in [2.24, 2.45) is 4.99 Å². The maximum absolute atomic E-state index is 12.0. The van der Waals surface area contributed by atoms with Crippen molar-refractivity contribution < 1.29 is 34.0 Å². The summed E-state index contributed by atoms with van der Waals surface area (Å²) < 4.78 is 15.4. The first-order valence-electron chi connectivity index (χ1n) is 7.43. The molecule has 8 heteroatoms. The van der Waals surface area contributed by atoms with E-state index in [2.05, 4.69) is 4.99 Å². The lowest BCUT2D eigenvalue weighted by Gasteiger charge is -2.11. The number of aliphatic hydroxyl groups is 2. The van der Waals surface area contributed by atoms with Gasteiger partial charge in [0.2, 0.25) is 6.08 Å². The molecule has 0 saturated carbocycles. The van der Waals surface area contributed by atoms with Gasteiger partial charge in [-0.15, -0.1) is 0 Å². The number of aliphatic imine (C=N–C) groups is 1. The predicted molar refractivity (Wildman–Crippen MR) is 84.1 cm³/mol. The van der Waals surface area contributed by atoms with E-state index in [0.29, 0.717) is 31.1 Å². The van der Waals surface area contributed by atoms with Crippen LogP contribution >= 0.6 is 0 Å². The third-order valence-electron chi connectivity index (χ3n) is 2.88. The molecule has 1 aromatic rings. The van der Waals surface area contributed by atoms with Gasteiger partial charge in [0.05, 0.1) is 51.9 Å². The molecule has 132 valence electrons. The fourth-order valence-electron chi connectivity index (χ4n) is 1.72. The number of isocyanates is 1. The molecule has 1 rings (SSSR count). The molecule has 0 aliphatic carbocycles. The Morgan fingerprint density at radius 2 is 1.62 bits per heavy atom. The number of hydrogen-bond acceptors (Lipinski definition) is 8. The molecule has 0 radical (unpaired) electrons. The zero-order valence-corrected chi connectivity index (χ0v) is 13.2. The van der Waals surface area contributed by atoms with Gasteiger partial charge in [-0.3, -0.25) is 4.79 Å². The van der Waals surface area contributed by atoms with Crippen molar-refractivity contribution in [1.82, 2.24) is 0 Å². The van der Waals surface area contributed by atoms with Crippen LogP contribution < -0.4 is 0 Å². The highest BCUT2D eigenvalue weighted by atomic mass is 16.5. The number of benzene rings is 1. The van der Waals surface area contributed by atoms with E-state index in [1.807, 2.05) is 0 Å². The summed E-state index contributed by atoms with van der Waals surface area (Å²) in [6.07, 6.45) is 0.125. The number of rotatable bonds is 13. The summed E-state index contributed by atoms with van der Waals surface area (Å²) in [5.74, 6) is -0.477. The highest BCUT2D eigenvalue weighted by molar-refractivity contribution is 5.99. The molecule has 8 nitrogen and oxygen atoms in total. The Labute approximate surface area is 139 Å². The molecule has 0 fully saturated rings. The van der Waals surface area contributed by atoms with Gasteiger partial charge in [-0.05, 0) is 24.3 Å². The number of hydrogen-bond donors (Lipinski definition) is 2. The number of ketones is 1. The minimum absolute atomic E-state index is 0.0257. The molecule has 0 aliphatic rings. The lowest BCUT2D eigenvalue weighted by atomic mass is 10.1. The predicted octanol–water partition coefficient (Wildman–Crippen LogP) is 0.240. The first-order valence-corrected chi connectivity index (χ1v) is 7.43. The van der Waals surface area contributed by atoms with Crippen LogP contribution in [0.2, 0.25) is 0 Å². The lowest BCUT2D eigenvalue weighted by molar-refractivity contribution is -0.00917. The number of Topliss-reactive ketones (excluding diaryl/α,β-unsaturated/α-hetero) is 1. The first-order chi connectivity index (χ1) is 11.7. The fourth-order valence-corrected chi connectivity index (χ4v) is 1.72. The zero-order chi connectivity index (χ0) is 17.6. The van der Waals surface area contributed by atoms with Crippen molar-refractivity contribution in [3.05, 3.63) is 29.8 Å². The average molecular weight is 339 g/mol. The van der Waals surface area contributed by atoms with Crippen molar-refractivity contribution in [2.45, 2.75) is 6.10 Å². The van der Waals surface area contributed by atoms with Crippen LogP contribution in [0.5, 0.6) is 0 Å². The molecule has 0 aromatic heterocycles. The molecule has 0 bridgehead atoms. The number of ether oxygens (including phenoxy) is 3. The highest BCUT2D eigenvalue weighted by Gasteiger charge is 2.17. The summed E-state index contributed by atoms with van der Waals surface area (Å²) in [5, 5.41) is 18.3. The smallest absolute Gasteiger partial charge is 0.240 e. The average Bonchev–Trinajstić information content (AvgIpc) is 2.60.